The summed E-state index contributed by atoms with van der Waals surface area (Å²) in [6.07, 6.45) is 14.4. The molecule has 0 aromatic heterocycles. The van der Waals surface area contributed by atoms with E-state index >= 15 is 0 Å². The number of carbonyl (C=O) groups excluding carboxylic acids is 2. The van der Waals surface area contributed by atoms with Crippen LogP contribution in [0.15, 0.2) is 12.2 Å². The van der Waals surface area contributed by atoms with Crippen molar-refractivity contribution in [1.82, 2.24) is 5.32 Å². The maximum atomic E-state index is 13.4. The van der Waals surface area contributed by atoms with Crippen LogP contribution in [0.1, 0.15) is 71.6 Å². The van der Waals surface area contributed by atoms with Gasteiger partial charge < -0.3 is 5.32 Å². The van der Waals surface area contributed by atoms with Gasteiger partial charge in [0.25, 0.3) is 0 Å². The molecular formula is C25H37NO2. The summed E-state index contributed by atoms with van der Waals surface area (Å²) in [5.74, 6) is 4.11. The zero-order chi connectivity index (χ0) is 19.5. The van der Waals surface area contributed by atoms with Gasteiger partial charge in [-0.3, -0.25) is 9.59 Å². The fourth-order valence-corrected chi connectivity index (χ4v) is 8.17. The van der Waals surface area contributed by atoms with Crippen molar-refractivity contribution >= 4 is 11.6 Å². The summed E-state index contributed by atoms with van der Waals surface area (Å²) in [6, 6.07) is 0. The van der Waals surface area contributed by atoms with Crippen LogP contribution in [-0.2, 0) is 9.59 Å². The summed E-state index contributed by atoms with van der Waals surface area (Å²) < 4.78 is 0. The van der Waals surface area contributed by atoms with E-state index in [1.54, 1.807) is 0 Å². The van der Waals surface area contributed by atoms with Gasteiger partial charge in [0.1, 0.15) is 11.6 Å². The predicted octanol–water partition coefficient (Wildman–Crippen LogP) is 4.56. The van der Waals surface area contributed by atoms with Crippen LogP contribution >= 0.6 is 0 Å². The van der Waals surface area contributed by atoms with Crippen LogP contribution in [0.5, 0.6) is 0 Å². The highest BCUT2D eigenvalue weighted by molar-refractivity contribution is 5.88. The third-order valence-electron chi connectivity index (χ3n) is 9.96. The molecular weight excluding hydrogens is 346 g/mol. The van der Waals surface area contributed by atoms with Gasteiger partial charge in [0.05, 0.1) is 0 Å². The molecule has 1 heterocycles. The van der Waals surface area contributed by atoms with Crippen LogP contribution < -0.4 is 5.32 Å². The molecule has 5 rings (SSSR count). The lowest BCUT2D eigenvalue weighted by Crippen LogP contribution is -2.56. The molecule has 1 unspecified atom stereocenters. The molecule has 4 aliphatic carbocycles. The molecule has 0 amide bonds. The van der Waals surface area contributed by atoms with Crippen LogP contribution in [0.2, 0.25) is 0 Å². The zero-order valence-corrected chi connectivity index (χ0v) is 17.7. The summed E-state index contributed by atoms with van der Waals surface area (Å²) in [5, 5.41) is 3.44. The Balaban J connectivity index is 1.34. The van der Waals surface area contributed by atoms with E-state index in [0.29, 0.717) is 41.2 Å². The molecule has 3 nitrogen and oxygen atoms in total. The second-order valence-electron chi connectivity index (χ2n) is 11.2. The van der Waals surface area contributed by atoms with Crippen molar-refractivity contribution in [2.75, 3.05) is 13.1 Å². The first-order valence-corrected chi connectivity index (χ1v) is 11.9. The van der Waals surface area contributed by atoms with E-state index in [0.717, 1.165) is 51.6 Å². The summed E-state index contributed by atoms with van der Waals surface area (Å²) in [7, 11) is 0. The van der Waals surface area contributed by atoms with E-state index in [-0.39, 0.29) is 16.7 Å². The van der Waals surface area contributed by atoms with Crippen LogP contribution in [0.3, 0.4) is 0 Å². The molecule has 0 bridgehead atoms. The number of fused-ring (bicyclic) bond motifs is 5. The lowest BCUT2D eigenvalue weighted by Gasteiger charge is -2.59. The SMILES string of the molecule is C[C@]12CC[C@@H](/C=C\[C@@H]3CCNC3)CC1C(=O)C[C@@H]1[C@@H]2CC[C@]2(C)C(=O)CC[C@@H]12. The Hall–Kier alpha value is -0.960. The topological polar surface area (TPSA) is 46.2 Å². The van der Waals surface area contributed by atoms with Gasteiger partial charge in [-0.15, -0.1) is 0 Å². The van der Waals surface area contributed by atoms with Crippen molar-refractivity contribution < 1.29 is 9.59 Å². The molecule has 0 aromatic carbocycles. The Morgan fingerprint density at radius 2 is 1.79 bits per heavy atom. The molecule has 0 spiro atoms. The smallest absolute Gasteiger partial charge is 0.139 e. The van der Waals surface area contributed by atoms with Gasteiger partial charge in [0.15, 0.2) is 0 Å². The average molecular weight is 384 g/mol. The molecule has 5 aliphatic rings. The average Bonchev–Trinajstić information content (AvgIpc) is 3.29. The predicted molar refractivity (Wildman–Crippen MR) is 111 cm³/mol. The monoisotopic (exact) mass is 383 g/mol. The van der Waals surface area contributed by atoms with E-state index in [1.807, 2.05) is 0 Å². The molecule has 1 saturated heterocycles. The lowest BCUT2D eigenvalue weighted by atomic mass is 9.44. The summed E-state index contributed by atoms with van der Waals surface area (Å²) in [4.78, 5) is 25.9. The number of rotatable bonds is 2. The largest absolute Gasteiger partial charge is 0.316 e. The first-order valence-electron chi connectivity index (χ1n) is 11.9. The second-order valence-corrected chi connectivity index (χ2v) is 11.2. The van der Waals surface area contributed by atoms with Crippen LogP contribution in [0.4, 0.5) is 0 Å². The minimum absolute atomic E-state index is 0.125. The minimum atomic E-state index is -0.125. The van der Waals surface area contributed by atoms with Crippen molar-refractivity contribution in [1.29, 1.82) is 0 Å². The van der Waals surface area contributed by atoms with Crippen LogP contribution in [0, 0.1) is 46.3 Å². The van der Waals surface area contributed by atoms with Crippen molar-refractivity contribution in [3.63, 3.8) is 0 Å². The van der Waals surface area contributed by atoms with E-state index in [9.17, 15) is 9.59 Å². The number of nitrogens with one attached hydrogen (secondary N) is 1. The Bertz CT molecular complexity index is 693. The van der Waals surface area contributed by atoms with Crippen molar-refractivity contribution in [2.45, 2.75) is 71.6 Å². The van der Waals surface area contributed by atoms with Crippen molar-refractivity contribution in [3.8, 4) is 0 Å². The van der Waals surface area contributed by atoms with E-state index in [2.05, 4.69) is 31.3 Å². The zero-order valence-electron chi connectivity index (χ0n) is 17.7. The summed E-state index contributed by atoms with van der Waals surface area (Å²) in [5.41, 5.74) is 0.0477. The fourth-order valence-electron chi connectivity index (χ4n) is 8.17. The van der Waals surface area contributed by atoms with Gasteiger partial charge in [-0.1, -0.05) is 26.0 Å². The maximum absolute atomic E-state index is 13.4. The highest BCUT2D eigenvalue weighted by atomic mass is 16.1. The quantitative estimate of drug-likeness (QED) is 0.711. The minimum Gasteiger partial charge on any atom is -0.316 e. The normalized spacial score (nSPS) is 51.2. The number of ketones is 2. The van der Waals surface area contributed by atoms with Gasteiger partial charge in [0.2, 0.25) is 0 Å². The number of hydrogen-bond acceptors (Lipinski definition) is 3. The van der Waals surface area contributed by atoms with Crippen LogP contribution in [-0.4, -0.2) is 24.7 Å². The lowest BCUT2D eigenvalue weighted by molar-refractivity contribution is -0.157. The van der Waals surface area contributed by atoms with Crippen LogP contribution in [0.25, 0.3) is 0 Å². The van der Waals surface area contributed by atoms with Crippen molar-refractivity contribution in [2.24, 2.45) is 46.3 Å². The molecule has 4 saturated carbocycles. The molecule has 1 N–H and O–H groups in total. The maximum Gasteiger partial charge on any atom is 0.139 e. The van der Waals surface area contributed by atoms with Gasteiger partial charge in [-0.25, -0.2) is 0 Å². The molecule has 3 heteroatoms. The molecule has 28 heavy (non-hydrogen) atoms. The highest BCUT2D eigenvalue weighted by Crippen LogP contribution is 2.65. The summed E-state index contributed by atoms with van der Waals surface area (Å²) in [6.45, 7) is 6.91. The van der Waals surface area contributed by atoms with Gasteiger partial charge in [-0.05, 0) is 86.5 Å². The standard InChI is InChI=1S/C25H37NO2/c1-24-10-7-16(3-4-17-9-12-26-15-17)13-21(24)22(27)14-18-19-5-6-23(28)25(19,2)11-8-20(18)24/h3-4,16-21,26H,5-15H2,1-2H3/b4-3-/t16-,17-,18+,19+,20+,21?,24-,25+/m1/s1. The fraction of sp³-hybridized carbons (Fsp3) is 0.840. The Kier molecular flexibility index (Phi) is 4.61. The molecule has 154 valence electrons. The Morgan fingerprint density at radius 3 is 2.57 bits per heavy atom. The first kappa shape index (κ1) is 19.0. The van der Waals surface area contributed by atoms with E-state index in [4.69, 9.17) is 0 Å². The number of hydrogen-bond donors (Lipinski definition) is 1. The Labute approximate surface area is 170 Å². The third-order valence-corrected chi connectivity index (χ3v) is 9.96. The third kappa shape index (κ3) is 2.79. The summed E-state index contributed by atoms with van der Waals surface area (Å²) >= 11 is 0. The number of allylic oxidation sites excluding steroid dienone is 1. The number of Topliss-reactive ketones (excluding diaryl/α,β-unsaturated/α-hetero) is 2. The number of carbonyl (C=O) groups is 2. The second kappa shape index (κ2) is 6.79. The van der Waals surface area contributed by atoms with Gasteiger partial charge in [0, 0.05) is 30.7 Å². The van der Waals surface area contributed by atoms with E-state index < -0.39 is 0 Å². The molecule has 1 aliphatic heterocycles. The van der Waals surface area contributed by atoms with Crippen molar-refractivity contribution in [3.05, 3.63) is 12.2 Å². The molecule has 5 fully saturated rings. The molecule has 0 aromatic rings. The first-order chi connectivity index (χ1) is 13.4. The Morgan fingerprint density at radius 1 is 0.964 bits per heavy atom. The molecule has 8 atom stereocenters. The van der Waals surface area contributed by atoms with E-state index in [1.165, 1.54) is 19.3 Å². The van der Waals surface area contributed by atoms with Gasteiger partial charge >= 0.3 is 0 Å². The van der Waals surface area contributed by atoms with Gasteiger partial charge in [-0.2, -0.15) is 0 Å². The molecule has 0 radical (unpaired) electrons. The highest BCUT2D eigenvalue weighted by Gasteiger charge is 2.62.